The maximum atomic E-state index is 2.31. The summed E-state index contributed by atoms with van der Waals surface area (Å²) in [5.41, 5.74) is 0. The van der Waals surface area contributed by atoms with E-state index < -0.39 is 0 Å². The van der Waals surface area contributed by atoms with E-state index in [-0.39, 0.29) is 0 Å². The largest absolute Gasteiger partial charge is 0.143 e. The Kier molecular flexibility index (Phi) is 2.58. The normalized spacial score (nSPS) is 12.0. The lowest BCUT2D eigenvalue weighted by Gasteiger charge is -2.10. The van der Waals surface area contributed by atoms with E-state index in [1.54, 1.807) is 0 Å². The van der Waals surface area contributed by atoms with E-state index in [9.17, 15) is 0 Å². The van der Waals surface area contributed by atoms with Gasteiger partial charge in [-0.2, -0.15) is 0 Å². The molecule has 0 saturated heterocycles. The number of fused-ring (bicyclic) bond motifs is 9. The summed E-state index contributed by atoms with van der Waals surface area (Å²) in [7, 11) is 0. The Morgan fingerprint density at radius 3 is 2.04 bits per heavy atom. The number of hydrogen-bond donors (Lipinski definition) is 0. The molecule has 0 bridgehead atoms. The number of rotatable bonds is 0. The van der Waals surface area contributed by atoms with Crippen molar-refractivity contribution >= 4 is 64.5 Å². The summed E-state index contributed by atoms with van der Waals surface area (Å²) in [5, 5.41) is 14.2. The third-order valence-electron chi connectivity index (χ3n) is 5.32. The zero-order chi connectivity index (χ0) is 16.4. The van der Waals surface area contributed by atoms with Crippen LogP contribution in [0.2, 0.25) is 0 Å². The van der Waals surface area contributed by atoms with Crippen molar-refractivity contribution < 1.29 is 0 Å². The highest BCUT2D eigenvalue weighted by atomic mass is 32.1. The van der Waals surface area contributed by atoms with Gasteiger partial charge in [-0.15, -0.1) is 11.3 Å². The van der Waals surface area contributed by atoms with Gasteiger partial charge in [0.25, 0.3) is 0 Å². The molecule has 0 N–H and O–H groups in total. The molecule has 0 amide bonds. The Balaban J connectivity index is 1.89. The summed E-state index contributed by atoms with van der Waals surface area (Å²) in [6, 6.07) is 29.0. The molecule has 0 aliphatic carbocycles. The molecule has 0 atom stereocenters. The second kappa shape index (κ2) is 4.81. The molecule has 0 radical (unpaired) electrons. The molecule has 1 heterocycles. The van der Waals surface area contributed by atoms with Gasteiger partial charge in [-0.3, -0.25) is 0 Å². The van der Waals surface area contributed by atoms with Crippen LogP contribution >= 0.6 is 11.3 Å². The molecule has 0 aliphatic rings. The first-order valence-corrected chi connectivity index (χ1v) is 9.41. The van der Waals surface area contributed by atoms with Gasteiger partial charge < -0.3 is 0 Å². The molecule has 0 spiro atoms. The van der Waals surface area contributed by atoms with Crippen molar-refractivity contribution in [3.05, 3.63) is 84.2 Å². The zero-order valence-electron chi connectivity index (χ0n) is 13.5. The number of hydrogen-bond acceptors (Lipinski definition) is 1. The molecule has 6 aromatic rings. The SMILES string of the molecule is c1ccc2c(c1)ccc1c2ccc2c1ccc1ccc3ccsc3c12. The molecule has 0 aliphatic heterocycles. The average molecular weight is 334 g/mol. The number of benzene rings is 5. The minimum atomic E-state index is 1.30. The van der Waals surface area contributed by atoms with Crippen LogP contribution in [0.5, 0.6) is 0 Å². The van der Waals surface area contributed by atoms with Gasteiger partial charge >= 0.3 is 0 Å². The molecule has 6 rings (SSSR count). The third kappa shape index (κ3) is 1.76. The lowest BCUT2D eigenvalue weighted by atomic mass is 9.94. The Labute approximate surface area is 148 Å². The third-order valence-corrected chi connectivity index (χ3v) is 6.27. The molecule has 1 aromatic heterocycles. The van der Waals surface area contributed by atoms with Crippen molar-refractivity contribution in [1.29, 1.82) is 0 Å². The summed E-state index contributed by atoms with van der Waals surface area (Å²) < 4.78 is 1.39. The molecule has 0 fully saturated rings. The fourth-order valence-corrected chi connectivity index (χ4v) is 5.12. The van der Waals surface area contributed by atoms with Gasteiger partial charge in [-0.1, -0.05) is 72.8 Å². The van der Waals surface area contributed by atoms with Crippen molar-refractivity contribution in [2.45, 2.75) is 0 Å². The van der Waals surface area contributed by atoms with Crippen molar-refractivity contribution in [2.75, 3.05) is 0 Å². The lowest BCUT2D eigenvalue weighted by molar-refractivity contribution is 1.79. The fraction of sp³-hybridized carbons (Fsp3) is 0. The smallest absolute Gasteiger partial charge is 0.0427 e. The van der Waals surface area contributed by atoms with Gasteiger partial charge in [-0.05, 0) is 54.5 Å². The van der Waals surface area contributed by atoms with Crippen LogP contribution in [0.4, 0.5) is 0 Å². The summed E-state index contributed by atoms with van der Waals surface area (Å²) >= 11 is 1.84. The summed E-state index contributed by atoms with van der Waals surface area (Å²) in [5.74, 6) is 0. The van der Waals surface area contributed by atoms with Crippen LogP contribution in [0.15, 0.2) is 84.2 Å². The lowest BCUT2D eigenvalue weighted by Crippen LogP contribution is -1.83. The first-order chi connectivity index (χ1) is 12.4. The van der Waals surface area contributed by atoms with Crippen molar-refractivity contribution in [1.82, 2.24) is 0 Å². The quantitative estimate of drug-likeness (QED) is 0.252. The Hall–Kier alpha value is -2.90. The van der Waals surface area contributed by atoms with Gasteiger partial charge in [0.15, 0.2) is 0 Å². The Morgan fingerprint density at radius 2 is 1.08 bits per heavy atom. The average Bonchev–Trinajstić information content (AvgIpc) is 3.15. The minimum absolute atomic E-state index is 1.30. The highest BCUT2D eigenvalue weighted by Gasteiger charge is 2.10. The number of thiophene rings is 1. The van der Waals surface area contributed by atoms with E-state index in [1.807, 2.05) is 11.3 Å². The van der Waals surface area contributed by atoms with Crippen LogP contribution in [0.25, 0.3) is 53.2 Å². The first kappa shape index (κ1) is 13.4. The van der Waals surface area contributed by atoms with Crippen molar-refractivity contribution in [3.63, 3.8) is 0 Å². The van der Waals surface area contributed by atoms with E-state index >= 15 is 0 Å². The molecule has 25 heavy (non-hydrogen) atoms. The van der Waals surface area contributed by atoms with Gasteiger partial charge in [0.2, 0.25) is 0 Å². The van der Waals surface area contributed by atoms with Crippen LogP contribution in [-0.2, 0) is 0 Å². The van der Waals surface area contributed by atoms with Gasteiger partial charge in [0, 0.05) is 10.1 Å². The van der Waals surface area contributed by atoms with E-state index in [2.05, 4.69) is 84.2 Å². The van der Waals surface area contributed by atoms with E-state index in [1.165, 1.54) is 53.2 Å². The second-order valence-corrected chi connectivity index (χ2v) is 7.53. The van der Waals surface area contributed by atoms with Gasteiger partial charge in [0.1, 0.15) is 0 Å². The van der Waals surface area contributed by atoms with Crippen molar-refractivity contribution in [2.24, 2.45) is 0 Å². The maximum absolute atomic E-state index is 2.31. The summed E-state index contributed by atoms with van der Waals surface area (Å²) in [6.07, 6.45) is 0. The molecular formula is C24H14S. The molecule has 116 valence electrons. The van der Waals surface area contributed by atoms with E-state index in [0.29, 0.717) is 0 Å². The monoisotopic (exact) mass is 334 g/mol. The predicted molar refractivity (Wildman–Crippen MR) is 112 cm³/mol. The van der Waals surface area contributed by atoms with Crippen LogP contribution < -0.4 is 0 Å². The van der Waals surface area contributed by atoms with Crippen molar-refractivity contribution in [3.8, 4) is 0 Å². The van der Waals surface area contributed by atoms with E-state index in [0.717, 1.165) is 0 Å². The fourth-order valence-electron chi connectivity index (χ4n) is 4.15. The molecular weight excluding hydrogens is 320 g/mol. The molecule has 1 heteroatoms. The van der Waals surface area contributed by atoms with Gasteiger partial charge in [-0.25, -0.2) is 0 Å². The predicted octanol–water partition coefficient (Wildman–Crippen LogP) is 7.51. The Bertz CT molecular complexity index is 1440. The first-order valence-electron chi connectivity index (χ1n) is 8.53. The molecule has 0 nitrogen and oxygen atoms in total. The summed E-state index contributed by atoms with van der Waals surface area (Å²) in [6.45, 7) is 0. The van der Waals surface area contributed by atoms with Crippen LogP contribution in [0, 0.1) is 0 Å². The highest BCUT2D eigenvalue weighted by Crippen LogP contribution is 2.38. The minimum Gasteiger partial charge on any atom is -0.143 e. The second-order valence-electron chi connectivity index (χ2n) is 6.61. The zero-order valence-corrected chi connectivity index (χ0v) is 14.3. The van der Waals surface area contributed by atoms with E-state index in [4.69, 9.17) is 0 Å². The summed E-state index contributed by atoms with van der Waals surface area (Å²) in [4.78, 5) is 0. The molecule has 5 aromatic carbocycles. The standard InChI is InChI=1S/C24H14S/c1-2-4-18-15(3-1)7-9-20-19(18)11-12-22-21(20)10-8-16-5-6-17-13-14-25-24(17)23(16)22/h1-14H. The maximum Gasteiger partial charge on any atom is 0.0427 e. The topological polar surface area (TPSA) is 0 Å². The highest BCUT2D eigenvalue weighted by molar-refractivity contribution is 7.18. The van der Waals surface area contributed by atoms with Crippen LogP contribution in [0.3, 0.4) is 0 Å². The van der Waals surface area contributed by atoms with Crippen LogP contribution in [0.1, 0.15) is 0 Å². The van der Waals surface area contributed by atoms with Gasteiger partial charge in [0.05, 0.1) is 0 Å². The van der Waals surface area contributed by atoms with Crippen LogP contribution in [-0.4, -0.2) is 0 Å². The Morgan fingerprint density at radius 1 is 0.440 bits per heavy atom. The molecule has 0 unspecified atom stereocenters. The molecule has 0 saturated carbocycles.